The van der Waals surface area contributed by atoms with E-state index in [-0.39, 0.29) is 0 Å². The molecule has 3 unspecified atom stereocenters. The van der Waals surface area contributed by atoms with Crippen LogP contribution in [0.25, 0.3) is 0 Å². The van der Waals surface area contributed by atoms with E-state index >= 15 is 0 Å². The third-order valence-electron chi connectivity index (χ3n) is 7.06. The van der Waals surface area contributed by atoms with Crippen molar-refractivity contribution in [2.75, 3.05) is 6.54 Å². The molecule has 3 atom stereocenters. The smallest absolute Gasteiger partial charge is 0.00202 e. The number of hydrogen-bond acceptors (Lipinski definition) is 1. The molecule has 1 heteroatoms. The normalized spacial score (nSPS) is 39.9. The van der Waals surface area contributed by atoms with E-state index in [1.807, 2.05) is 5.57 Å². The fourth-order valence-corrected chi connectivity index (χ4v) is 5.69. The molecular weight excluding hydrogens is 254 g/mol. The van der Waals surface area contributed by atoms with Gasteiger partial charge in [0.05, 0.1) is 0 Å². The SMILES string of the molecule is CC(C)C1=CC2=C(CC1)C1(C)CCCC(C)(CN)C1CC2. The fraction of sp³-hybridized carbons (Fsp3) is 0.800. The molecule has 0 aliphatic heterocycles. The molecule has 2 N–H and O–H groups in total. The average molecular weight is 287 g/mol. The Morgan fingerprint density at radius 3 is 2.62 bits per heavy atom. The van der Waals surface area contributed by atoms with Crippen molar-refractivity contribution in [3.05, 3.63) is 22.8 Å². The molecule has 0 spiro atoms. The molecule has 0 heterocycles. The second-order valence-electron chi connectivity index (χ2n) is 8.60. The predicted octanol–water partition coefficient (Wildman–Crippen LogP) is 5.22. The van der Waals surface area contributed by atoms with Crippen molar-refractivity contribution in [1.29, 1.82) is 0 Å². The highest BCUT2D eigenvalue weighted by Crippen LogP contribution is 2.61. The minimum absolute atomic E-state index is 0.369. The summed E-state index contributed by atoms with van der Waals surface area (Å²) in [7, 11) is 0. The fourth-order valence-electron chi connectivity index (χ4n) is 5.69. The molecule has 0 radical (unpaired) electrons. The van der Waals surface area contributed by atoms with E-state index in [4.69, 9.17) is 5.73 Å². The number of fused-ring (bicyclic) bond motifs is 2. The Kier molecular flexibility index (Phi) is 3.84. The quantitative estimate of drug-likeness (QED) is 0.740. The van der Waals surface area contributed by atoms with Crippen molar-refractivity contribution in [1.82, 2.24) is 0 Å². The van der Waals surface area contributed by atoms with E-state index < -0.39 is 0 Å². The van der Waals surface area contributed by atoms with Gasteiger partial charge in [-0.05, 0) is 73.3 Å². The highest BCUT2D eigenvalue weighted by atomic mass is 14.7. The van der Waals surface area contributed by atoms with Crippen LogP contribution in [0, 0.1) is 22.7 Å². The van der Waals surface area contributed by atoms with Gasteiger partial charge in [-0.3, -0.25) is 0 Å². The van der Waals surface area contributed by atoms with Gasteiger partial charge in [0.25, 0.3) is 0 Å². The first-order valence-corrected chi connectivity index (χ1v) is 9.04. The van der Waals surface area contributed by atoms with E-state index in [1.54, 1.807) is 11.1 Å². The zero-order valence-electron chi connectivity index (χ0n) is 14.5. The monoisotopic (exact) mass is 287 g/mol. The molecule has 0 amide bonds. The van der Waals surface area contributed by atoms with Gasteiger partial charge in [0, 0.05) is 0 Å². The number of allylic oxidation sites excluding steroid dienone is 4. The van der Waals surface area contributed by atoms with Crippen LogP contribution in [-0.4, -0.2) is 6.54 Å². The Bertz CT molecular complexity index is 484. The van der Waals surface area contributed by atoms with Crippen LogP contribution >= 0.6 is 0 Å². The number of hydrogen-bond donors (Lipinski definition) is 1. The highest BCUT2D eigenvalue weighted by molar-refractivity contribution is 5.40. The van der Waals surface area contributed by atoms with Crippen LogP contribution < -0.4 is 5.73 Å². The average Bonchev–Trinajstić information content (AvgIpc) is 2.46. The molecule has 3 aliphatic carbocycles. The van der Waals surface area contributed by atoms with Gasteiger partial charge in [-0.1, -0.05) is 51.3 Å². The first kappa shape index (κ1) is 15.3. The Hall–Kier alpha value is -0.560. The van der Waals surface area contributed by atoms with Gasteiger partial charge in [0.15, 0.2) is 0 Å². The predicted molar refractivity (Wildman–Crippen MR) is 91.0 cm³/mol. The summed E-state index contributed by atoms with van der Waals surface area (Å²) in [5.41, 5.74) is 12.2. The minimum atomic E-state index is 0.369. The Morgan fingerprint density at radius 2 is 1.95 bits per heavy atom. The van der Waals surface area contributed by atoms with Gasteiger partial charge in [0.2, 0.25) is 0 Å². The summed E-state index contributed by atoms with van der Waals surface area (Å²) in [6, 6.07) is 0. The van der Waals surface area contributed by atoms with E-state index in [0.717, 1.165) is 12.5 Å². The van der Waals surface area contributed by atoms with E-state index in [0.29, 0.717) is 16.7 Å². The molecule has 1 nitrogen and oxygen atoms in total. The Balaban J connectivity index is 2.00. The van der Waals surface area contributed by atoms with Gasteiger partial charge >= 0.3 is 0 Å². The molecule has 0 bridgehead atoms. The van der Waals surface area contributed by atoms with Gasteiger partial charge in [-0.15, -0.1) is 0 Å². The van der Waals surface area contributed by atoms with E-state index in [9.17, 15) is 0 Å². The lowest BCUT2D eigenvalue weighted by molar-refractivity contribution is 0.00371. The van der Waals surface area contributed by atoms with Gasteiger partial charge in [-0.2, -0.15) is 0 Å². The molecule has 118 valence electrons. The topological polar surface area (TPSA) is 26.0 Å². The molecule has 0 saturated heterocycles. The maximum Gasteiger partial charge on any atom is -0.00202 e. The minimum Gasteiger partial charge on any atom is -0.330 e. The summed E-state index contributed by atoms with van der Waals surface area (Å²) < 4.78 is 0. The summed E-state index contributed by atoms with van der Waals surface area (Å²) in [4.78, 5) is 0. The van der Waals surface area contributed by atoms with Crippen molar-refractivity contribution in [3.63, 3.8) is 0 Å². The summed E-state index contributed by atoms with van der Waals surface area (Å²) >= 11 is 0. The molecule has 3 aliphatic rings. The third kappa shape index (κ3) is 2.32. The largest absolute Gasteiger partial charge is 0.330 e. The Labute approximate surface area is 131 Å². The number of rotatable bonds is 2. The van der Waals surface area contributed by atoms with Crippen LogP contribution in [0.4, 0.5) is 0 Å². The second-order valence-corrected chi connectivity index (χ2v) is 8.60. The van der Waals surface area contributed by atoms with Crippen molar-refractivity contribution >= 4 is 0 Å². The lowest BCUT2D eigenvalue weighted by atomic mass is 9.48. The van der Waals surface area contributed by atoms with Gasteiger partial charge in [0.1, 0.15) is 0 Å². The highest BCUT2D eigenvalue weighted by Gasteiger charge is 2.51. The van der Waals surface area contributed by atoms with Crippen LogP contribution in [0.15, 0.2) is 22.8 Å². The van der Waals surface area contributed by atoms with Gasteiger partial charge in [-0.25, -0.2) is 0 Å². The lowest BCUT2D eigenvalue weighted by Crippen LogP contribution is -2.50. The summed E-state index contributed by atoms with van der Waals surface area (Å²) in [5, 5.41) is 0. The van der Waals surface area contributed by atoms with E-state index in [2.05, 4.69) is 33.8 Å². The summed E-state index contributed by atoms with van der Waals surface area (Å²) in [6.45, 7) is 10.6. The molecule has 3 rings (SSSR count). The summed E-state index contributed by atoms with van der Waals surface area (Å²) in [6.07, 6.45) is 11.9. The first-order chi connectivity index (χ1) is 9.90. The molecule has 0 aromatic heterocycles. The van der Waals surface area contributed by atoms with Crippen LogP contribution in [-0.2, 0) is 0 Å². The van der Waals surface area contributed by atoms with Crippen molar-refractivity contribution < 1.29 is 0 Å². The zero-order chi connectivity index (χ0) is 15.3. The molecule has 0 aromatic carbocycles. The van der Waals surface area contributed by atoms with E-state index in [1.165, 1.54) is 44.9 Å². The van der Waals surface area contributed by atoms with Gasteiger partial charge < -0.3 is 5.73 Å². The summed E-state index contributed by atoms with van der Waals surface area (Å²) in [5.74, 6) is 1.52. The van der Waals surface area contributed by atoms with Crippen LogP contribution in [0.1, 0.15) is 72.6 Å². The van der Waals surface area contributed by atoms with Crippen LogP contribution in [0.3, 0.4) is 0 Å². The molecule has 0 aromatic rings. The molecule has 21 heavy (non-hydrogen) atoms. The van der Waals surface area contributed by atoms with Crippen LogP contribution in [0.2, 0.25) is 0 Å². The Morgan fingerprint density at radius 1 is 1.19 bits per heavy atom. The van der Waals surface area contributed by atoms with Crippen molar-refractivity contribution in [2.45, 2.75) is 72.6 Å². The standard InChI is InChI=1S/C20H33N/c1-14(2)15-6-8-17-16(12-15)7-9-18-19(3,13-21)10-5-11-20(17,18)4/h12,14,18H,5-11,13,21H2,1-4H3. The second kappa shape index (κ2) is 5.26. The lowest BCUT2D eigenvalue weighted by Gasteiger charge is -2.56. The molecule has 1 saturated carbocycles. The third-order valence-corrected chi connectivity index (χ3v) is 7.06. The van der Waals surface area contributed by atoms with Crippen LogP contribution in [0.5, 0.6) is 0 Å². The molecular formula is C20H33N. The van der Waals surface area contributed by atoms with Crippen molar-refractivity contribution in [3.8, 4) is 0 Å². The number of nitrogens with two attached hydrogens (primary N) is 1. The first-order valence-electron chi connectivity index (χ1n) is 9.04. The van der Waals surface area contributed by atoms with Crippen molar-refractivity contribution in [2.24, 2.45) is 28.4 Å². The maximum atomic E-state index is 6.21. The maximum absolute atomic E-state index is 6.21. The zero-order valence-corrected chi connectivity index (χ0v) is 14.5. The molecule has 1 fully saturated rings.